The zero-order chi connectivity index (χ0) is 20.4. The first kappa shape index (κ1) is 21.8. The second-order valence-corrected chi connectivity index (χ2v) is 8.47. The van der Waals surface area contributed by atoms with Crippen molar-refractivity contribution in [3.63, 3.8) is 0 Å². The molecule has 0 bridgehead atoms. The Morgan fingerprint density at radius 1 is 1.21 bits per heavy atom. The van der Waals surface area contributed by atoms with Crippen LogP contribution in [0, 0.1) is 10.1 Å². The molecule has 0 saturated heterocycles. The molecule has 0 radical (unpaired) electrons. The summed E-state index contributed by atoms with van der Waals surface area (Å²) >= 11 is 1.69. The fourth-order valence-corrected chi connectivity index (χ4v) is 4.07. The molecule has 0 aliphatic carbocycles. The van der Waals surface area contributed by atoms with Gasteiger partial charge in [0.2, 0.25) is 10.0 Å². The van der Waals surface area contributed by atoms with Crippen LogP contribution in [-0.2, 0) is 16.4 Å². The molecule has 9 nitrogen and oxygen atoms in total. The molecule has 0 atom stereocenters. The van der Waals surface area contributed by atoms with Crippen LogP contribution in [0.3, 0.4) is 0 Å². The van der Waals surface area contributed by atoms with Crippen LogP contribution in [0.15, 0.2) is 51.7 Å². The number of rotatable bonds is 10. The van der Waals surface area contributed by atoms with Crippen molar-refractivity contribution < 1.29 is 13.3 Å². The summed E-state index contributed by atoms with van der Waals surface area (Å²) in [6.07, 6.45) is 0.876. The van der Waals surface area contributed by atoms with Gasteiger partial charge in [-0.25, -0.2) is 13.1 Å². The van der Waals surface area contributed by atoms with Gasteiger partial charge in [-0.1, -0.05) is 12.1 Å². The van der Waals surface area contributed by atoms with Gasteiger partial charge in [0.15, 0.2) is 5.96 Å². The van der Waals surface area contributed by atoms with E-state index in [0.717, 1.165) is 12.5 Å². The third kappa shape index (κ3) is 6.91. The van der Waals surface area contributed by atoms with E-state index >= 15 is 0 Å². The molecule has 0 saturated carbocycles. The van der Waals surface area contributed by atoms with Gasteiger partial charge in [-0.15, -0.1) is 11.3 Å². The summed E-state index contributed by atoms with van der Waals surface area (Å²) in [4.78, 5) is 15.6. The molecule has 1 aromatic carbocycles. The van der Waals surface area contributed by atoms with E-state index in [9.17, 15) is 18.5 Å². The van der Waals surface area contributed by atoms with Crippen LogP contribution in [-0.4, -0.2) is 45.5 Å². The minimum atomic E-state index is -3.84. The highest BCUT2D eigenvalue weighted by atomic mass is 32.2. The lowest BCUT2D eigenvalue weighted by molar-refractivity contribution is -0.385. The van der Waals surface area contributed by atoms with Crippen LogP contribution in [0.25, 0.3) is 0 Å². The highest BCUT2D eigenvalue weighted by Gasteiger charge is 2.16. The van der Waals surface area contributed by atoms with Crippen LogP contribution < -0.4 is 15.4 Å². The average molecular weight is 426 g/mol. The number of nitrogens with zero attached hydrogens (tertiary/aromatic N) is 2. The van der Waals surface area contributed by atoms with Crippen LogP contribution in [0.2, 0.25) is 0 Å². The summed E-state index contributed by atoms with van der Waals surface area (Å²) in [6, 6.07) is 9.00. The van der Waals surface area contributed by atoms with Gasteiger partial charge in [-0.2, -0.15) is 0 Å². The number of guanidine groups is 1. The second kappa shape index (κ2) is 10.7. The van der Waals surface area contributed by atoms with Gasteiger partial charge in [0.1, 0.15) is 0 Å². The largest absolute Gasteiger partial charge is 0.357 e. The predicted octanol–water partition coefficient (Wildman–Crippen LogP) is 1.73. The van der Waals surface area contributed by atoms with Crippen molar-refractivity contribution in [2.45, 2.75) is 18.2 Å². The van der Waals surface area contributed by atoms with Crippen LogP contribution >= 0.6 is 11.3 Å². The van der Waals surface area contributed by atoms with Gasteiger partial charge in [0, 0.05) is 36.6 Å². The van der Waals surface area contributed by atoms with E-state index in [1.807, 2.05) is 18.4 Å². The summed E-state index contributed by atoms with van der Waals surface area (Å²) in [5, 5.41) is 19.1. The van der Waals surface area contributed by atoms with Crippen molar-refractivity contribution in [1.82, 2.24) is 15.4 Å². The molecular weight excluding hydrogens is 402 g/mol. The topological polar surface area (TPSA) is 126 Å². The maximum Gasteiger partial charge on any atom is 0.270 e. The van der Waals surface area contributed by atoms with E-state index in [0.29, 0.717) is 19.0 Å². The first-order valence-corrected chi connectivity index (χ1v) is 11.1. The molecule has 0 amide bonds. The van der Waals surface area contributed by atoms with E-state index in [1.165, 1.54) is 23.1 Å². The highest BCUT2D eigenvalue weighted by molar-refractivity contribution is 7.89. The molecule has 0 spiro atoms. The highest BCUT2D eigenvalue weighted by Crippen LogP contribution is 2.16. The molecule has 3 N–H and O–H groups in total. The lowest BCUT2D eigenvalue weighted by Crippen LogP contribution is -2.39. The maximum atomic E-state index is 12.3. The normalized spacial score (nSPS) is 12.0. The second-order valence-electron chi connectivity index (χ2n) is 5.67. The number of non-ortho nitro benzene ring substituents is 1. The number of nitro groups is 1. The Labute approximate surface area is 168 Å². The van der Waals surface area contributed by atoms with Gasteiger partial charge >= 0.3 is 0 Å². The standard InChI is InChI=1S/C17H23N5O4S2/c1-2-18-17(19-9-8-15-6-4-12-27-15)20-10-11-21-28(25,26)16-7-3-5-14(13-16)22(23)24/h3-7,12-13,21H,2,8-11H2,1H3,(H2,18,19,20). The number of sulfonamides is 1. The van der Waals surface area contributed by atoms with Crippen molar-refractivity contribution >= 4 is 33.0 Å². The van der Waals surface area contributed by atoms with Gasteiger partial charge in [0.25, 0.3) is 5.69 Å². The Bertz CT molecular complexity index is 898. The van der Waals surface area contributed by atoms with Crippen LogP contribution in [0.1, 0.15) is 11.8 Å². The molecule has 0 fully saturated rings. The fourth-order valence-electron chi connectivity index (χ4n) is 2.30. The fraction of sp³-hybridized carbons (Fsp3) is 0.353. The Morgan fingerprint density at radius 2 is 2.04 bits per heavy atom. The number of nitro benzene ring substituents is 1. The van der Waals surface area contributed by atoms with Gasteiger partial charge in [-0.3, -0.25) is 15.1 Å². The van der Waals surface area contributed by atoms with Gasteiger partial charge in [0.05, 0.1) is 16.4 Å². The molecular formula is C17H23N5O4S2. The summed E-state index contributed by atoms with van der Waals surface area (Å²) in [5.74, 6) is 0.605. The van der Waals surface area contributed by atoms with Crippen molar-refractivity contribution in [1.29, 1.82) is 0 Å². The minimum Gasteiger partial charge on any atom is -0.357 e. The van der Waals surface area contributed by atoms with Gasteiger partial charge < -0.3 is 10.6 Å². The summed E-state index contributed by atoms with van der Waals surface area (Å²) in [5.41, 5.74) is -0.273. The summed E-state index contributed by atoms with van der Waals surface area (Å²) < 4.78 is 26.9. The number of hydrogen-bond acceptors (Lipinski definition) is 6. The molecule has 1 heterocycles. The molecule has 1 aromatic heterocycles. The zero-order valence-electron chi connectivity index (χ0n) is 15.4. The maximum absolute atomic E-state index is 12.3. The molecule has 11 heteroatoms. The van der Waals surface area contributed by atoms with E-state index < -0.39 is 14.9 Å². The van der Waals surface area contributed by atoms with Crippen molar-refractivity contribution in [2.24, 2.45) is 4.99 Å². The SMILES string of the molecule is CCNC(=NCCNS(=O)(=O)c1cccc([N+](=O)[O-])c1)NCCc1cccs1. The number of nitrogens with one attached hydrogen (secondary N) is 3. The van der Waals surface area contributed by atoms with E-state index in [-0.39, 0.29) is 23.7 Å². The van der Waals surface area contributed by atoms with E-state index in [4.69, 9.17) is 0 Å². The molecule has 0 unspecified atom stereocenters. The molecule has 152 valence electrons. The smallest absolute Gasteiger partial charge is 0.270 e. The van der Waals surface area contributed by atoms with E-state index in [2.05, 4.69) is 26.4 Å². The summed E-state index contributed by atoms with van der Waals surface area (Å²) in [7, 11) is -3.84. The Morgan fingerprint density at radius 3 is 2.71 bits per heavy atom. The van der Waals surface area contributed by atoms with Crippen LogP contribution in [0.5, 0.6) is 0 Å². The average Bonchev–Trinajstić information content (AvgIpc) is 3.18. The quantitative estimate of drug-likeness (QED) is 0.175. The third-order valence-electron chi connectivity index (χ3n) is 3.60. The first-order chi connectivity index (χ1) is 13.4. The number of aliphatic imine (C=N–C) groups is 1. The zero-order valence-corrected chi connectivity index (χ0v) is 17.1. The van der Waals surface area contributed by atoms with Crippen molar-refractivity contribution in [2.75, 3.05) is 26.2 Å². The molecule has 28 heavy (non-hydrogen) atoms. The number of hydrogen-bond donors (Lipinski definition) is 3. The predicted molar refractivity (Wildman–Crippen MR) is 110 cm³/mol. The lowest BCUT2D eigenvalue weighted by atomic mass is 10.3. The Kier molecular flexibility index (Phi) is 8.36. The number of benzene rings is 1. The van der Waals surface area contributed by atoms with Gasteiger partial charge in [-0.05, 0) is 30.9 Å². The number of thiophene rings is 1. The van der Waals surface area contributed by atoms with Crippen LogP contribution in [0.4, 0.5) is 5.69 Å². The van der Waals surface area contributed by atoms with Crippen molar-refractivity contribution in [3.8, 4) is 0 Å². The van der Waals surface area contributed by atoms with Crippen molar-refractivity contribution in [3.05, 3.63) is 56.8 Å². The molecule has 2 aromatic rings. The molecule has 0 aliphatic rings. The molecule has 2 rings (SSSR count). The third-order valence-corrected chi connectivity index (χ3v) is 6.00. The first-order valence-electron chi connectivity index (χ1n) is 8.71. The Balaban J connectivity index is 1.86. The summed E-state index contributed by atoms with van der Waals surface area (Å²) in [6.45, 7) is 3.65. The Hall–Kier alpha value is -2.50. The lowest BCUT2D eigenvalue weighted by Gasteiger charge is -2.11. The molecule has 0 aliphatic heterocycles. The minimum absolute atomic E-state index is 0.0759. The monoisotopic (exact) mass is 425 g/mol. The van der Waals surface area contributed by atoms with E-state index in [1.54, 1.807) is 11.3 Å².